The highest BCUT2D eigenvalue weighted by Gasteiger charge is 2.28. The Morgan fingerprint density at radius 2 is 2.08 bits per heavy atom. The summed E-state index contributed by atoms with van der Waals surface area (Å²) < 4.78 is 0. The molecule has 0 aromatic carbocycles. The van der Waals surface area contributed by atoms with Crippen molar-refractivity contribution in [1.29, 1.82) is 0 Å². The molecule has 130 valence electrons. The summed E-state index contributed by atoms with van der Waals surface area (Å²) in [6, 6.07) is 3.61. The van der Waals surface area contributed by atoms with Gasteiger partial charge in [-0.25, -0.2) is 9.78 Å². The van der Waals surface area contributed by atoms with Gasteiger partial charge < -0.3 is 10.2 Å². The molecule has 1 aliphatic carbocycles. The van der Waals surface area contributed by atoms with Crippen molar-refractivity contribution in [2.45, 2.75) is 45.4 Å². The molecule has 1 aromatic heterocycles. The minimum Gasteiger partial charge on any atom is -0.325 e. The summed E-state index contributed by atoms with van der Waals surface area (Å²) in [5, 5.41) is 2.90. The van der Waals surface area contributed by atoms with Crippen molar-refractivity contribution in [2.75, 3.05) is 29.9 Å². The van der Waals surface area contributed by atoms with Gasteiger partial charge in [0.25, 0.3) is 0 Å². The highest BCUT2D eigenvalue weighted by atomic mass is 16.2. The van der Waals surface area contributed by atoms with Crippen LogP contribution < -0.4 is 10.2 Å². The average Bonchev–Trinajstić information content (AvgIpc) is 3.23. The van der Waals surface area contributed by atoms with E-state index in [1.54, 1.807) is 22.1 Å². The Bertz CT molecular complexity index is 581. The van der Waals surface area contributed by atoms with E-state index < -0.39 is 0 Å². The molecule has 2 fully saturated rings. The number of carbonyl (C=O) groups excluding carboxylic acids is 2. The first kappa shape index (κ1) is 16.7. The molecule has 1 saturated carbocycles. The summed E-state index contributed by atoms with van der Waals surface area (Å²) in [5.41, 5.74) is 0.689. The zero-order valence-corrected chi connectivity index (χ0v) is 14.3. The lowest BCUT2D eigenvalue weighted by molar-refractivity contribution is -0.116. The molecule has 1 aliphatic heterocycles. The van der Waals surface area contributed by atoms with Gasteiger partial charge in [-0.1, -0.05) is 25.7 Å². The first-order valence-corrected chi connectivity index (χ1v) is 8.99. The van der Waals surface area contributed by atoms with Crippen LogP contribution >= 0.6 is 0 Å². The SMILES string of the molecule is CCN1CCN(c2ccc(NC(=O)CCC3CCCC3)cn2)C1=O. The topological polar surface area (TPSA) is 65.5 Å². The Morgan fingerprint density at radius 1 is 1.29 bits per heavy atom. The summed E-state index contributed by atoms with van der Waals surface area (Å²) in [5.74, 6) is 1.41. The van der Waals surface area contributed by atoms with Crippen molar-refractivity contribution >= 4 is 23.4 Å². The summed E-state index contributed by atoms with van der Waals surface area (Å²) in [6.45, 7) is 4.08. The van der Waals surface area contributed by atoms with Gasteiger partial charge in [0, 0.05) is 26.1 Å². The maximum absolute atomic E-state index is 12.2. The van der Waals surface area contributed by atoms with Crippen molar-refractivity contribution in [3.63, 3.8) is 0 Å². The van der Waals surface area contributed by atoms with Crippen molar-refractivity contribution in [1.82, 2.24) is 9.88 Å². The zero-order chi connectivity index (χ0) is 16.9. The number of carbonyl (C=O) groups is 2. The predicted molar refractivity (Wildman–Crippen MR) is 94.0 cm³/mol. The third kappa shape index (κ3) is 3.86. The molecule has 0 unspecified atom stereocenters. The summed E-state index contributed by atoms with van der Waals surface area (Å²) in [7, 11) is 0. The van der Waals surface area contributed by atoms with Crippen molar-refractivity contribution in [3.05, 3.63) is 18.3 Å². The second kappa shape index (κ2) is 7.64. The van der Waals surface area contributed by atoms with Crippen LogP contribution in [0.2, 0.25) is 0 Å². The third-order valence-electron chi connectivity index (χ3n) is 5.04. The van der Waals surface area contributed by atoms with Crippen LogP contribution in [0.3, 0.4) is 0 Å². The Kier molecular flexibility index (Phi) is 5.33. The number of urea groups is 1. The number of hydrogen-bond acceptors (Lipinski definition) is 3. The Labute approximate surface area is 143 Å². The summed E-state index contributed by atoms with van der Waals surface area (Å²) in [6.07, 6.45) is 8.33. The van der Waals surface area contributed by atoms with E-state index in [1.807, 2.05) is 13.0 Å². The molecule has 1 aromatic rings. The van der Waals surface area contributed by atoms with Gasteiger partial charge in [-0.3, -0.25) is 9.69 Å². The number of nitrogens with one attached hydrogen (secondary N) is 1. The Balaban J connectivity index is 1.51. The van der Waals surface area contributed by atoms with Gasteiger partial charge in [0.15, 0.2) is 0 Å². The first-order valence-electron chi connectivity index (χ1n) is 8.99. The fraction of sp³-hybridized carbons (Fsp3) is 0.611. The van der Waals surface area contributed by atoms with Crippen LogP contribution in [0.5, 0.6) is 0 Å². The number of likely N-dealkylation sites (N-methyl/N-ethyl adjacent to an activating group) is 1. The van der Waals surface area contributed by atoms with Gasteiger partial charge in [0.05, 0.1) is 11.9 Å². The van der Waals surface area contributed by atoms with Gasteiger partial charge in [-0.2, -0.15) is 0 Å². The first-order chi connectivity index (χ1) is 11.7. The van der Waals surface area contributed by atoms with Crippen LogP contribution in [-0.4, -0.2) is 41.5 Å². The molecular weight excluding hydrogens is 304 g/mol. The van der Waals surface area contributed by atoms with E-state index in [-0.39, 0.29) is 11.9 Å². The molecule has 24 heavy (non-hydrogen) atoms. The van der Waals surface area contributed by atoms with Gasteiger partial charge in [0.1, 0.15) is 5.82 Å². The van der Waals surface area contributed by atoms with Gasteiger partial charge >= 0.3 is 6.03 Å². The lowest BCUT2D eigenvalue weighted by atomic mass is 10.0. The highest BCUT2D eigenvalue weighted by Crippen LogP contribution is 2.28. The molecule has 0 spiro atoms. The van der Waals surface area contributed by atoms with Gasteiger partial charge in [-0.05, 0) is 31.4 Å². The molecule has 6 nitrogen and oxygen atoms in total. The number of aromatic nitrogens is 1. The predicted octanol–water partition coefficient (Wildman–Crippen LogP) is 3.25. The molecule has 3 rings (SSSR count). The average molecular weight is 330 g/mol. The maximum Gasteiger partial charge on any atom is 0.325 e. The zero-order valence-electron chi connectivity index (χ0n) is 14.3. The fourth-order valence-corrected chi connectivity index (χ4v) is 3.57. The van der Waals surface area contributed by atoms with E-state index in [9.17, 15) is 9.59 Å². The second-order valence-electron chi connectivity index (χ2n) is 6.66. The molecule has 0 bridgehead atoms. The van der Waals surface area contributed by atoms with Crippen LogP contribution in [0.25, 0.3) is 0 Å². The van der Waals surface area contributed by atoms with Crippen molar-refractivity contribution < 1.29 is 9.59 Å². The number of nitrogens with zero attached hydrogens (tertiary/aromatic N) is 3. The molecule has 6 heteroatoms. The van der Waals surface area contributed by atoms with E-state index in [0.717, 1.165) is 18.9 Å². The minimum absolute atomic E-state index is 0.00153. The van der Waals surface area contributed by atoms with Gasteiger partial charge in [-0.15, -0.1) is 0 Å². The number of anilines is 2. The number of amides is 3. The van der Waals surface area contributed by atoms with Crippen LogP contribution in [0, 0.1) is 5.92 Å². The fourth-order valence-electron chi connectivity index (χ4n) is 3.57. The quantitative estimate of drug-likeness (QED) is 0.870. The van der Waals surface area contributed by atoms with Crippen molar-refractivity contribution in [2.24, 2.45) is 5.92 Å². The van der Waals surface area contributed by atoms with E-state index in [0.29, 0.717) is 31.0 Å². The van der Waals surface area contributed by atoms with E-state index in [4.69, 9.17) is 0 Å². The lowest BCUT2D eigenvalue weighted by Gasteiger charge is -2.16. The van der Waals surface area contributed by atoms with Crippen LogP contribution in [0.15, 0.2) is 18.3 Å². The molecule has 1 N–H and O–H groups in total. The third-order valence-corrected chi connectivity index (χ3v) is 5.04. The molecule has 0 radical (unpaired) electrons. The molecule has 2 heterocycles. The Hall–Kier alpha value is -2.11. The van der Waals surface area contributed by atoms with Crippen molar-refractivity contribution in [3.8, 4) is 0 Å². The normalized spacial score (nSPS) is 18.5. The van der Waals surface area contributed by atoms with Crippen LogP contribution in [0.4, 0.5) is 16.3 Å². The van der Waals surface area contributed by atoms with E-state index >= 15 is 0 Å². The molecule has 3 amide bonds. The highest BCUT2D eigenvalue weighted by molar-refractivity contribution is 5.94. The van der Waals surface area contributed by atoms with E-state index in [1.165, 1.54) is 25.7 Å². The number of hydrogen-bond donors (Lipinski definition) is 1. The Morgan fingerprint density at radius 3 is 2.71 bits per heavy atom. The smallest absolute Gasteiger partial charge is 0.325 e. The van der Waals surface area contributed by atoms with Crippen LogP contribution in [-0.2, 0) is 4.79 Å². The number of rotatable bonds is 6. The standard InChI is InChI=1S/C18H26N4O2/c1-2-21-11-12-22(18(21)24)16-9-8-15(13-19-16)20-17(23)10-7-14-5-3-4-6-14/h8-9,13-14H,2-7,10-12H2,1H3,(H,20,23). The maximum atomic E-state index is 12.2. The van der Waals surface area contributed by atoms with Gasteiger partial charge in [0.2, 0.25) is 5.91 Å². The monoisotopic (exact) mass is 330 g/mol. The second-order valence-corrected chi connectivity index (χ2v) is 6.66. The molecule has 1 saturated heterocycles. The largest absolute Gasteiger partial charge is 0.325 e. The summed E-state index contributed by atoms with van der Waals surface area (Å²) >= 11 is 0. The number of pyridine rings is 1. The molecular formula is C18H26N4O2. The van der Waals surface area contributed by atoms with E-state index in [2.05, 4.69) is 10.3 Å². The summed E-state index contributed by atoms with van der Waals surface area (Å²) in [4.78, 5) is 32.0. The minimum atomic E-state index is -0.00153. The lowest BCUT2D eigenvalue weighted by Crippen LogP contribution is -2.32. The van der Waals surface area contributed by atoms with Crippen LogP contribution in [0.1, 0.15) is 45.4 Å². The molecule has 0 atom stereocenters. The molecule has 2 aliphatic rings.